The molecule has 0 aliphatic carbocycles. The number of fused-ring (bicyclic) bond motifs is 3. The first kappa shape index (κ1) is 18.6. The van der Waals surface area contributed by atoms with Crippen molar-refractivity contribution in [2.24, 2.45) is 0 Å². The number of ether oxygens (including phenoxy) is 1. The maximum Gasteiger partial charge on any atom is 0.189 e. The van der Waals surface area contributed by atoms with Gasteiger partial charge in [0.1, 0.15) is 24.5 Å². The molecular formula is C22H19ClN6O. The minimum absolute atomic E-state index is 0.253. The summed E-state index contributed by atoms with van der Waals surface area (Å²) in [7, 11) is 0. The Hall–Kier alpha value is -3.45. The minimum Gasteiger partial charge on any atom is -0.486 e. The molecule has 0 saturated carbocycles. The van der Waals surface area contributed by atoms with Crippen LogP contribution >= 0.6 is 11.6 Å². The monoisotopic (exact) mass is 418 g/mol. The highest BCUT2D eigenvalue weighted by molar-refractivity contribution is 6.30. The highest BCUT2D eigenvalue weighted by Gasteiger charge is 2.19. The molecule has 0 atom stereocenters. The summed E-state index contributed by atoms with van der Waals surface area (Å²) in [6, 6.07) is 13.2. The lowest BCUT2D eigenvalue weighted by Crippen LogP contribution is -2.02. The van der Waals surface area contributed by atoms with E-state index in [-0.39, 0.29) is 6.61 Å². The molecule has 4 heterocycles. The van der Waals surface area contributed by atoms with Crippen LogP contribution in [-0.4, -0.2) is 29.1 Å². The van der Waals surface area contributed by atoms with Gasteiger partial charge in [-0.2, -0.15) is 0 Å². The van der Waals surface area contributed by atoms with Crippen LogP contribution in [0.4, 0.5) is 0 Å². The average Bonchev–Trinajstić information content (AvgIpc) is 3.26. The van der Waals surface area contributed by atoms with Crippen molar-refractivity contribution in [3.8, 4) is 11.6 Å². The Bertz CT molecular complexity index is 1390. The van der Waals surface area contributed by atoms with Gasteiger partial charge in [0.2, 0.25) is 0 Å². The molecule has 0 N–H and O–H groups in total. The quantitative estimate of drug-likeness (QED) is 0.426. The SMILES string of the molecule is Cc1cccc(-n2c(C)c(C)c3c2ncn2nc(COc4ccc(Cl)cc4)nc32)n1. The van der Waals surface area contributed by atoms with Crippen LogP contribution in [0.1, 0.15) is 22.8 Å². The summed E-state index contributed by atoms with van der Waals surface area (Å²) in [5, 5.41) is 6.16. The van der Waals surface area contributed by atoms with E-state index < -0.39 is 0 Å². The maximum absolute atomic E-state index is 5.92. The molecule has 0 amide bonds. The molecule has 0 unspecified atom stereocenters. The Balaban J connectivity index is 1.58. The van der Waals surface area contributed by atoms with Gasteiger partial charge >= 0.3 is 0 Å². The summed E-state index contributed by atoms with van der Waals surface area (Å²) < 4.78 is 9.56. The molecule has 0 bridgehead atoms. The van der Waals surface area contributed by atoms with Crippen LogP contribution in [0.3, 0.4) is 0 Å². The van der Waals surface area contributed by atoms with E-state index in [1.54, 1.807) is 23.0 Å². The normalized spacial score (nSPS) is 11.5. The number of rotatable bonds is 4. The van der Waals surface area contributed by atoms with Gasteiger partial charge < -0.3 is 4.74 Å². The summed E-state index contributed by atoms with van der Waals surface area (Å²) in [4.78, 5) is 14.1. The first-order valence-corrected chi connectivity index (χ1v) is 9.93. The third kappa shape index (κ3) is 3.07. The number of nitrogens with zero attached hydrogens (tertiary/aromatic N) is 6. The zero-order chi connectivity index (χ0) is 20.8. The Morgan fingerprint density at radius 1 is 0.967 bits per heavy atom. The van der Waals surface area contributed by atoms with E-state index in [4.69, 9.17) is 21.3 Å². The molecule has 4 aromatic heterocycles. The van der Waals surface area contributed by atoms with E-state index in [1.807, 2.05) is 37.3 Å². The number of benzene rings is 1. The summed E-state index contributed by atoms with van der Waals surface area (Å²) in [5.74, 6) is 2.14. The second-order valence-electron chi connectivity index (χ2n) is 7.16. The fourth-order valence-corrected chi connectivity index (χ4v) is 3.70. The molecule has 0 spiro atoms. The maximum atomic E-state index is 5.92. The van der Waals surface area contributed by atoms with Crippen molar-refractivity contribution < 1.29 is 4.74 Å². The minimum atomic E-state index is 0.253. The van der Waals surface area contributed by atoms with Gasteiger partial charge in [-0.05, 0) is 62.7 Å². The Morgan fingerprint density at radius 2 is 1.77 bits per heavy atom. The second kappa shape index (κ2) is 7.11. The van der Waals surface area contributed by atoms with Crippen LogP contribution in [0.5, 0.6) is 5.75 Å². The third-order valence-electron chi connectivity index (χ3n) is 5.16. The molecule has 150 valence electrons. The summed E-state index contributed by atoms with van der Waals surface area (Å²) >= 11 is 5.92. The summed E-state index contributed by atoms with van der Waals surface area (Å²) in [6.45, 7) is 6.38. The van der Waals surface area contributed by atoms with Crippen LogP contribution in [0.15, 0.2) is 48.8 Å². The third-order valence-corrected chi connectivity index (χ3v) is 5.41. The van der Waals surface area contributed by atoms with Gasteiger partial charge in [0, 0.05) is 16.4 Å². The fourth-order valence-electron chi connectivity index (χ4n) is 3.58. The van der Waals surface area contributed by atoms with Crippen molar-refractivity contribution >= 4 is 28.3 Å². The van der Waals surface area contributed by atoms with Gasteiger partial charge in [0.25, 0.3) is 0 Å². The van der Waals surface area contributed by atoms with Crippen molar-refractivity contribution in [2.45, 2.75) is 27.4 Å². The molecule has 5 rings (SSSR count). The molecule has 0 aliphatic rings. The largest absolute Gasteiger partial charge is 0.486 e. The van der Waals surface area contributed by atoms with Crippen molar-refractivity contribution in [3.05, 3.63) is 76.6 Å². The first-order chi connectivity index (χ1) is 14.5. The lowest BCUT2D eigenvalue weighted by molar-refractivity contribution is 0.296. The topological polar surface area (TPSA) is 70.1 Å². The highest BCUT2D eigenvalue weighted by atomic mass is 35.5. The van der Waals surface area contributed by atoms with Crippen molar-refractivity contribution in [1.82, 2.24) is 29.1 Å². The van der Waals surface area contributed by atoms with Crippen LogP contribution in [0.25, 0.3) is 22.5 Å². The molecule has 5 aromatic rings. The molecule has 30 heavy (non-hydrogen) atoms. The Morgan fingerprint density at radius 3 is 2.53 bits per heavy atom. The molecule has 7 nitrogen and oxygen atoms in total. The van der Waals surface area contributed by atoms with Gasteiger partial charge in [-0.3, -0.25) is 4.57 Å². The highest BCUT2D eigenvalue weighted by Crippen LogP contribution is 2.29. The lowest BCUT2D eigenvalue weighted by Gasteiger charge is -2.07. The number of hydrogen-bond acceptors (Lipinski definition) is 5. The molecule has 0 fully saturated rings. The predicted molar refractivity (Wildman–Crippen MR) is 115 cm³/mol. The van der Waals surface area contributed by atoms with Crippen molar-refractivity contribution in [3.63, 3.8) is 0 Å². The predicted octanol–water partition coefficient (Wildman–Crippen LogP) is 4.62. The Labute approximate surface area is 177 Å². The average molecular weight is 419 g/mol. The molecule has 0 aliphatic heterocycles. The van der Waals surface area contributed by atoms with Gasteiger partial charge in [-0.15, -0.1) is 5.10 Å². The molecule has 8 heteroatoms. The van der Waals surface area contributed by atoms with Crippen LogP contribution in [-0.2, 0) is 6.61 Å². The summed E-state index contributed by atoms with van der Waals surface area (Å²) in [6.07, 6.45) is 1.68. The fraction of sp³-hybridized carbons (Fsp3) is 0.182. The van der Waals surface area contributed by atoms with E-state index in [2.05, 4.69) is 33.5 Å². The number of aromatic nitrogens is 6. The zero-order valence-corrected chi connectivity index (χ0v) is 17.6. The van der Waals surface area contributed by atoms with E-state index in [1.165, 1.54) is 0 Å². The molecule has 0 saturated heterocycles. The van der Waals surface area contributed by atoms with Gasteiger partial charge in [0.05, 0.1) is 5.39 Å². The van der Waals surface area contributed by atoms with Gasteiger partial charge in [0.15, 0.2) is 17.1 Å². The number of aryl methyl sites for hydroxylation is 2. The van der Waals surface area contributed by atoms with Crippen LogP contribution in [0.2, 0.25) is 5.02 Å². The number of hydrogen-bond donors (Lipinski definition) is 0. The summed E-state index contributed by atoms with van der Waals surface area (Å²) in [5.41, 5.74) is 4.70. The van der Waals surface area contributed by atoms with Crippen LogP contribution in [0, 0.1) is 20.8 Å². The van der Waals surface area contributed by atoms with E-state index in [0.29, 0.717) is 16.6 Å². The smallest absolute Gasteiger partial charge is 0.189 e. The zero-order valence-electron chi connectivity index (χ0n) is 16.8. The van der Waals surface area contributed by atoms with Gasteiger partial charge in [-0.1, -0.05) is 17.7 Å². The van der Waals surface area contributed by atoms with Crippen molar-refractivity contribution in [2.75, 3.05) is 0 Å². The van der Waals surface area contributed by atoms with E-state index >= 15 is 0 Å². The van der Waals surface area contributed by atoms with Gasteiger partial charge in [-0.25, -0.2) is 19.5 Å². The number of halogens is 1. The van der Waals surface area contributed by atoms with Crippen molar-refractivity contribution in [1.29, 1.82) is 0 Å². The lowest BCUT2D eigenvalue weighted by atomic mass is 10.2. The molecule has 1 aromatic carbocycles. The standard InChI is InChI=1S/C22H19ClN6O/c1-13-5-4-6-19(25-13)29-15(3)14(2)20-21(29)24-12-28-22(20)26-18(27-28)11-30-17-9-7-16(23)8-10-17/h4-10,12H,11H2,1-3H3. The van der Waals surface area contributed by atoms with E-state index in [9.17, 15) is 0 Å². The van der Waals surface area contributed by atoms with Crippen LogP contribution < -0.4 is 4.74 Å². The number of pyridine rings is 1. The molecule has 0 radical (unpaired) electrons. The Kier molecular flexibility index (Phi) is 4.40. The second-order valence-corrected chi connectivity index (χ2v) is 7.60. The van der Waals surface area contributed by atoms with E-state index in [0.717, 1.165) is 39.4 Å². The first-order valence-electron chi connectivity index (χ1n) is 9.55. The molecular weight excluding hydrogens is 400 g/mol.